The van der Waals surface area contributed by atoms with Gasteiger partial charge < -0.3 is 9.67 Å². The van der Waals surface area contributed by atoms with Gasteiger partial charge in [0, 0.05) is 6.20 Å². The number of carboxylic acid groups (broad SMARTS) is 1. The molecular formula is C19H15NO3. The molecule has 1 heterocycles. The minimum atomic E-state index is -1.21. The molecule has 3 rings (SSSR count). The van der Waals surface area contributed by atoms with Crippen LogP contribution < -0.4 is 5.56 Å². The van der Waals surface area contributed by atoms with Crippen molar-refractivity contribution in [1.82, 2.24) is 4.57 Å². The maximum atomic E-state index is 12.2. The van der Waals surface area contributed by atoms with Gasteiger partial charge in [-0.25, -0.2) is 4.79 Å². The second-order valence-corrected chi connectivity index (χ2v) is 5.23. The Bertz CT molecular complexity index is 898. The molecule has 0 saturated heterocycles. The predicted octanol–water partition coefficient (Wildman–Crippen LogP) is 3.26. The summed E-state index contributed by atoms with van der Waals surface area (Å²) in [7, 11) is 0. The molecule has 0 spiro atoms. The average molecular weight is 305 g/mol. The molecule has 3 aromatic rings. The Labute approximate surface area is 133 Å². The summed E-state index contributed by atoms with van der Waals surface area (Å²) < 4.78 is 1.41. The fourth-order valence-corrected chi connectivity index (χ4v) is 2.50. The van der Waals surface area contributed by atoms with Gasteiger partial charge in [0.05, 0.1) is 6.54 Å². The number of hydrogen-bond donors (Lipinski definition) is 1. The van der Waals surface area contributed by atoms with Crippen LogP contribution in [0.1, 0.15) is 15.9 Å². The second-order valence-electron chi connectivity index (χ2n) is 5.23. The first-order chi connectivity index (χ1) is 11.1. The van der Waals surface area contributed by atoms with Gasteiger partial charge in [0.2, 0.25) is 0 Å². The predicted molar refractivity (Wildman–Crippen MR) is 88.6 cm³/mol. The Morgan fingerprint density at radius 2 is 1.65 bits per heavy atom. The largest absolute Gasteiger partial charge is 0.477 e. The Hall–Kier alpha value is -3.14. The van der Waals surface area contributed by atoms with Crippen molar-refractivity contribution in [1.29, 1.82) is 0 Å². The van der Waals surface area contributed by atoms with E-state index in [1.807, 2.05) is 54.6 Å². The van der Waals surface area contributed by atoms with Crippen LogP contribution in [0.4, 0.5) is 0 Å². The lowest BCUT2D eigenvalue weighted by Gasteiger charge is -2.09. The van der Waals surface area contributed by atoms with Gasteiger partial charge in [-0.3, -0.25) is 4.79 Å². The molecule has 1 aromatic heterocycles. The van der Waals surface area contributed by atoms with Crippen LogP contribution in [0.3, 0.4) is 0 Å². The molecule has 0 amide bonds. The zero-order valence-electron chi connectivity index (χ0n) is 12.3. The average Bonchev–Trinajstić information content (AvgIpc) is 2.57. The van der Waals surface area contributed by atoms with Gasteiger partial charge in [-0.1, -0.05) is 48.5 Å². The Kier molecular flexibility index (Phi) is 4.06. The molecule has 0 fully saturated rings. The smallest absolute Gasteiger partial charge is 0.341 e. The molecule has 2 aromatic carbocycles. The molecule has 0 aliphatic rings. The van der Waals surface area contributed by atoms with Crippen molar-refractivity contribution >= 4 is 5.97 Å². The third-order valence-corrected chi connectivity index (χ3v) is 3.64. The summed E-state index contributed by atoms with van der Waals surface area (Å²) in [4.78, 5) is 23.2. The topological polar surface area (TPSA) is 59.3 Å². The zero-order valence-corrected chi connectivity index (χ0v) is 12.3. The summed E-state index contributed by atoms with van der Waals surface area (Å²) in [6.07, 6.45) is 1.60. The van der Waals surface area contributed by atoms with E-state index < -0.39 is 11.5 Å². The summed E-state index contributed by atoms with van der Waals surface area (Å²) in [5.41, 5.74) is 2.39. The Balaban J connectivity index is 1.94. The highest BCUT2D eigenvalue weighted by Crippen LogP contribution is 2.20. The third-order valence-electron chi connectivity index (χ3n) is 3.64. The molecule has 0 bridgehead atoms. The highest BCUT2D eigenvalue weighted by Gasteiger charge is 2.10. The number of pyridine rings is 1. The van der Waals surface area contributed by atoms with Gasteiger partial charge >= 0.3 is 5.97 Å². The van der Waals surface area contributed by atoms with Crippen LogP contribution in [-0.4, -0.2) is 15.6 Å². The monoisotopic (exact) mass is 305 g/mol. The van der Waals surface area contributed by atoms with E-state index in [2.05, 4.69) is 0 Å². The number of nitrogens with zero attached hydrogens (tertiary/aromatic N) is 1. The van der Waals surface area contributed by atoms with Gasteiger partial charge in [-0.2, -0.15) is 0 Å². The minimum absolute atomic E-state index is 0.216. The molecule has 0 aliphatic heterocycles. The number of carboxylic acids is 1. The lowest BCUT2D eigenvalue weighted by Crippen LogP contribution is -2.25. The van der Waals surface area contributed by atoms with Gasteiger partial charge in [0.15, 0.2) is 0 Å². The normalized spacial score (nSPS) is 10.4. The van der Waals surface area contributed by atoms with E-state index >= 15 is 0 Å². The van der Waals surface area contributed by atoms with E-state index in [9.17, 15) is 9.59 Å². The SMILES string of the molecule is O=C(O)c1cccn(Cc2cccc(-c3ccccc3)c2)c1=O. The summed E-state index contributed by atoms with van der Waals surface area (Å²) >= 11 is 0. The van der Waals surface area contributed by atoms with Gasteiger partial charge in [-0.05, 0) is 34.9 Å². The maximum absolute atomic E-state index is 12.2. The molecule has 23 heavy (non-hydrogen) atoms. The van der Waals surface area contributed by atoms with Crippen molar-refractivity contribution in [2.45, 2.75) is 6.54 Å². The van der Waals surface area contributed by atoms with E-state index in [0.717, 1.165) is 16.7 Å². The van der Waals surface area contributed by atoms with Crippen LogP contribution >= 0.6 is 0 Å². The number of benzene rings is 2. The molecule has 0 saturated carbocycles. The molecule has 1 N–H and O–H groups in total. The molecule has 0 radical (unpaired) electrons. The van der Waals surface area contributed by atoms with E-state index in [4.69, 9.17) is 5.11 Å². The minimum Gasteiger partial charge on any atom is -0.477 e. The van der Waals surface area contributed by atoms with Crippen molar-refractivity contribution in [2.24, 2.45) is 0 Å². The number of aromatic carboxylic acids is 1. The van der Waals surface area contributed by atoms with Gasteiger partial charge in [-0.15, -0.1) is 0 Å². The highest BCUT2D eigenvalue weighted by molar-refractivity contribution is 5.86. The third kappa shape index (κ3) is 3.21. The molecular weight excluding hydrogens is 290 g/mol. The van der Waals surface area contributed by atoms with Crippen molar-refractivity contribution in [3.8, 4) is 11.1 Å². The molecule has 4 nitrogen and oxygen atoms in total. The van der Waals surface area contributed by atoms with Crippen molar-refractivity contribution in [3.63, 3.8) is 0 Å². The molecule has 0 unspecified atom stereocenters. The summed E-state index contributed by atoms with van der Waals surface area (Å²) in [6, 6.07) is 20.7. The first-order valence-electron chi connectivity index (χ1n) is 7.22. The van der Waals surface area contributed by atoms with Crippen LogP contribution in [0.25, 0.3) is 11.1 Å². The lowest BCUT2D eigenvalue weighted by molar-refractivity contribution is 0.0694. The zero-order chi connectivity index (χ0) is 16.2. The van der Waals surface area contributed by atoms with Crippen molar-refractivity contribution < 1.29 is 9.90 Å². The van der Waals surface area contributed by atoms with Crippen molar-refractivity contribution in [2.75, 3.05) is 0 Å². The Morgan fingerprint density at radius 3 is 2.39 bits per heavy atom. The highest BCUT2D eigenvalue weighted by atomic mass is 16.4. The lowest BCUT2D eigenvalue weighted by atomic mass is 10.0. The first-order valence-corrected chi connectivity index (χ1v) is 7.22. The summed E-state index contributed by atoms with van der Waals surface area (Å²) in [6.45, 7) is 0.334. The quantitative estimate of drug-likeness (QED) is 0.805. The van der Waals surface area contributed by atoms with Gasteiger partial charge in [0.1, 0.15) is 5.56 Å². The number of hydrogen-bond acceptors (Lipinski definition) is 2. The van der Waals surface area contributed by atoms with Gasteiger partial charge in [0.25, 0.3) is 5.56 Å². The fourth-order valence-electron chi connectivity index (χ4n) is 2.50. The summed E-state index contributed by atoms with van der Waals surface area (Å²) in [5, 5.41) is 9.04. The van der Waals surface area contributed by atoms with E-state index in [0.29, 0.717) is 6.54 Å². The fraction of sp³-hybridized carbons (Fsp3) is 0.0526. The Morgan fingerprint density at radius 1 is 0.913 bits per heavy atom. The molecule has 4 heteroatoms. The van der Waals surface area contributed by atoms with Crippen LogP contribution in [0.15, 0.2) is 77.7 Å². The first kappa shape index (κ1) is 14.8. The van der Waals surface area contributed by atoms with E-state index in [1.54, 1.807) is 12.3 Å². The molecule has 0 aliphatic carbocycles. The van der Waals surface area contributed by atoms with Crippen LogP contribution in [0, 0.1) is 0 Å². The molecule has 0 atom stereocenters. The van der Waals surface area contributed by atoms with Crippen LogP contribution in [0.5, 0.6) is 0 Å². The number of aromatic nitrogens is 1. The van der Waals surface area contributed by atoms with Crippen molar-refractivity contribution in [3.05, 3.63) is 94.4 Å². The second kappa shape index (κ2) is 6.32. The maximum Gasteiger partial charge on any atom is 0.341 e. The standard InChI is InChI=1S/C19H15NO3/c21-18-17(19(22)23)10-5-11-20(18)13-14-6-4-9-16(12-14)15-7-2-1-3-8-15/h1-12H,13H2,(H,22,23). The number of rotatable bonds is 4. The number of carbonyl (C=O) groups is 1. The summed E-state index contributed by atoms with van der Waals surface area (Å²) in [5.74, 6) is -1.21. The van der Waals surface area contributed by atoms with Crippen LogP contribution in [0.2, 0.25) is 0 Å². The van der Waals surface area contributed by atoms with Crippen LogP contribution in [-0.2, 0) is 6.54 Å². The molecule has 114 valence electrons. The van der Waals surface area contributed by atoms with E-state index in [1.165, 1.54) is 10.6 Å². The van der Waals surface area contributed by atoms with E-state index in [-0.39, 0.29) is 5.56 Å².